The van der Waals surface area contributed by atoms with Crippen LogP contribution in [0.2, 0.25) is 5.02 Å². The highest BCUT2D eigenvalue weighted by molar-refractivity contribution is 6.32. The molecule has 0 bridgehead atoms. The molecule has 3 nitrogen and oxygen atoms in total. The van der Waals surface area contributed by atoms with Crippen LogP contribution in [0.25, 0.3) is 0 Å². The Labute approximate surface area is 107 Å². The Morgan fingerprint density at radius 1 is 1.47 bits per heavy atom. The van der Waals surface area contributed by atoms with Crippen molar-refractivity contribution in [2.24, 2.45) is 0 Å². The predicted molar refractivity (Wildman–Crippen MR) is 68.8 cm³/mol. The number of halogens is 1. The lowest BCUT2D eigenvalue weighted by Gasteiger charge is -2.36. The summed E-state index contributed by atoms with van der Waals surface area (Å²) in [6, 6.07) is 5.86. The molecule has 1 heterocycles. The van der Waals surface area contributed by atoms with Crippen LogP contribution < -0.4 is 4.74 Å². The minimum Gasteiger partial charge on any atom is -0.486 e. The molecule has 1 fully saturated rings. The molecule has 1 N–H and O–H groups in total. The van der Waals surface area contributed by atoms with Gasteiger partial charge >= 0.3 is 0 Å². The third-order valence-electron chi connectivity index (χ3n) is 2.94. The van der Waals surface area contributed by atoms with Crippen LogP contribution in [0.5, 0.6) is 5.75 Å². The molecule has 0 unspecified atom stereocenters. The zero-order valence-corrected chi connectivity index (χ0v) is 10.8. The molecule has 1 aromatic rings. The number of likely N-dealkylation sites (N-methyl/N-ethyl adjacent to an activating group) is 1. The lowest BCUT2D eigenvalue weighted by molar-refractivity contribution is 0.0389. The number of likely N-dealkylation sites (tertiary alicyclic amines) is 1. The second kappa shape index (κ2) is 5.71. The second-order valence-electron chi connectivity index (χ2n) is 4.55. The van der Waals surface area contributed by atoms with Crippen molar-refractivity contribution in [1.82, 2.24) is 4.90 Å². The molecule has 0 aliphatic carbocycles. The zero-order valence-electron chi connectivity index (χ0n) is 10.0. The van der Waals surface area contributed by atoms with E-state index in [4.69, 9.17) is 21.4 Å². The largest absolute Gasteiger partial charge is 0.486 e. The highest BCUT2D eigenvalue weighted by Crippen LogP contribution is 2.28. The van der Waals surface area contributed by atoms with Crippen LogP contribution in [0, 0.1) is 0 Å². The van der Waals surface area contributed by atoms with E-state index in [-0.39, 0.29) is 12.7 Å². The fraction of sp³-hybridized carbons (Fsp3) is 0.538. The molecule has 17 heavy (non-hydrogen) atoms. The molecule has 1 aliphatic rings. The molecule has 4 heteroatoms. The summed E-state index contributed by atoms with van der Waals surface area (Å²) in [6.45, 7) is 2.13. The van der Waals surface area contributed by atoms with Gasteiger partial charge in [0, 0.05) is 19.7 Å². The summed E-state index contributed by atoms with van der Waals surface area (Å²) in [4.78, 5) is 2.20. The maximum atomic E-state index is 8.77. The number of benzene rings is 1. The van der Waals surface area contributed by atoms with E-state index < -0.39 is 0 Å². The smallest absolute Gasteiger partial charge is 0.138 e. The molecule has 0 spiro atoms. The molecule has 2 rings (SSSR count). The van der Waals surface area contributed by atoms with Crippen molar-refractivity contribution in [2.75, 3.05) is 26.7 Å². The monoisotopic (exact) mass is 255 g/mol. The van der Waals surface area contributed by atoms with Crippen LogP contribution in [0.3, 0.4) is 0 Å². The fourth-order valence-electron chi connectivity index (χ4n) is 1.97. The van der Waals surface area contributed by atoms with Gasteiger partial charge in [-0.1, -0.05) is 17.7 Å². The Morgan fingerprint density at radius 3 is 2.82 bits per heavy atom. The number of nitrogens with zero attached hydrogens (tertiary/aromatic N) is 1. The molecule has 94 valence electrons. The normalized spacial score (nSPS) is 16.9. The van der Waals surface area contributed by atoms with E-state index in [1.807, 2.05) is 18.2 Å². The third kappa shape index (κ3) is 3.35. The van der Waals surface area contributed by atoms with Gasteiger partial charge in [-0.15, -0.1) is 0 Å². The molecule has 1 aromatic carbocycles. The van der Waals surface area contributed by atoms with Gasteiger partial charge in [-0.25, -0.2) is 0 Å². The minimum atomic E-state index is 0.213. The van der Waals surface area contributed by atoms with Crippen LogP contribution in [-0.4, -0.2) is 42.9 Å². The molecule has 0 aromatic heterocycles. The van der Waals surface area contributed by atoms with Gasteiger partial charge in [-0.05, 0) is 37.6 Å². The predicted octanol–water partition coefficient (Wildman–Crippen LogP) is 1.96. The Balaban J connectivity index is 1.94. The maximum Gasteiger partial charge on any atom is 0.138 e. The van der Waals surface area contributed by atoms with Crippen LogP contribution in [0.15, 0.2) is 18.2 Å². The van der Waals surface area contributed by atoms with Crippen LogP contribution in [0.1, 0.15) is 12.0 Å². The highest BCUT2D eigenvalue weighted by atomic mass is 35.5. The van der Waals surface area contributed by atoms with Crippen LogP contribution >= 0.6 is 11.6 Å². The van der Waals surface area contributed by atoms with Gasteiger partial charge in [0.2, 0.25) is 0 Å². The van der Waals surface area contributed by atoms with Gasteiger partial charge in [0.1, 0.15) is 11.9 Å². The summed E-state index contributed by atoms with van der Waals surface area (Å²) < 4.78 is 5.79. The molecule has 1 saturated heterocycles. The van der Waals surface area contributed by atoms with Crippen molar-refractivity contribution in [3.05, 3.63) is 28.8 Å². The Morgan fingerprint density at radius 2 is 2.24 bits per heavy atom. The number of aliphatic hydroxyl groups is 1. The summed E-state index contributed by atoms with van der Waals surface area (Å²) in [6.07, 6.45) is 1.88. The SMILES string of the molecule is CN1CC(Oc2ccc(CCCO)cc2Cl)C1. The van der Waals surface area contributed by atoms with E-state index in [0.717, 1.165) is 37.2 Å². The first-order valence-corrected chi connectivity index (χ1v) is 6.31. The third-order valence-corrected chi connectivity index (χ3v) is 3.24. The van der Waals surface area contributed by atoms with Crippen molar-refractivity contribution in [1.29, 1.82) is 0 Å². The standard InChI is InChI=1S/C13H18ClNO2/c1-15-8-11(9-15)17-13-5-4-10(3-2-6-16)7-12(13)14/h4-5,7,11,16H,2-3,6,8-9H2,1H3. The average molecular weight is 256 g/mol. The summed E-state index contributed by atoms with van der Waals surface area (Å²) in [5, 5.41) is 9.43. The number of aliphatic hydroxyl groups excluding tert-OH is 1. The van der Waals surface area contributed by atoms with E-state index in [1.54, 1.807) is 0 Å². The Kier molecular flexibility index (Phi) is 4.26. The van der Waals surface area contributed by atoms with E-state index in [2.05, 4.69) is 11.9 Å². The molecule has 0 radical (unpaired) electrons. The molecule has 0 saturated carbocycles. The summed E-state index contributed by atoms with van der Waals surface area (Å²) in [5.41, 5.74) is 1.14. The van der Waals surface area contributed by atoms with Crippen molar-refractivity contribution in [3.63, 3.8) is 0 Å². The fourth-order valence-corrected chi connectivity index (χ4v) is 2.22. The molecular formula is C13H18ClNO2. The van der Waals surface area contributed by atoms with Crippen LogP contribution in [0.4, 0.5) is 0 Å². The summed E-state index contributed by atoms with van der Waals surface area (Å²) >= 11 is 6.17. The molecule has 0 amide bonds. The summed E-state index contributed by atoms with van der Waals surface area (Å²) in [7, 11) is 2.07. The lowest BCUT2D eigenvalue weighted by Crippen LogP contribution is -2.51. The van der Waals surface area contributed by atoms with E-state index >= 15 is 0 Å². The first-order chi connectivity index (χ1) is 8.19. The Bertz CT molecular complexity index is 378. The van der Waals surface area contributed by atoms with Crippen molar-refractivity contribution in [3.8, 4) is 5.75 Å². The number of ether oxygens (including phenoxy) is 1. The van der Waals surface area contributed by atoms with E-state index in [0.29, 0.717) is 5.02 Å². The first-order valence-electron chi connectivity index (χ1n) is 5.93. The number of hydrogen-bond acceptors (Lipinski definition) is 3. The molecular weight excluding hydrogens is 238 g/mol. The van der Waals surface area contributed by atoms with Crippen molar-refractivity contribution in [2.45, 2.75) is 18.9 Å². The first kappa shape index (κ1) is 12.7. The highest BCUT2D eigenvalue weighted by Gasteiger charge is 2.25. The van der Waals surface area contributed by atoms with Gasteiger partial charge in [-0.2, -0.15) is 0 Å². The average Bonchev–Trinajstić information content (AvgIpc) is 2.27. The quantitative estimate of drug-likeness (QED) is 0.873. The zero-order chi connectivity index (χ0) is 12.3. The van der Waals surface area contributed by atoms with Crippen molar-refractivity contribution < 1.29 is 9.84 Å². The van der Waals surface area contributed by atoms with Gasteiger partial charge in [0.25, 0.3) is 0 Å². The van der Waals surface area contributed by atoms with E-state index in [9.17, 15) is 0 Å². The molecule has 0 atom stereocenters. The number of aryl methyl sites for hydroxylation is 1. The van der Waals surface area contributed by atoms with Gasteiger partial charge in [0.15, 0.2) is 0 Å². The van der Waals surface area contributed by atoms with E-state index in [1.165, 1.54) is 0 Å². The van der Waals surface area contributed by atoms with Gasteiger partial charge < -0.3 is 9.84 Å². The summed E-state index contributed by atoms with van der Waals surface area (Å²) in [5.74, 6) is 0.762. The Hall–Kier alpha value is -0.770. The lowest BCUT2D eigenvalue weighted by atomic mass is 10.1. The van der Waals surface area contributed by atoms with Crippen LogP contribution in [-0.2, 0) is 6.42 Å². The topological polar surface area (TPSA) is 32.7 Å². The van der Waals surface area contributed by atoms with Gasteiger partial charge in [0.05, 0.1) is 5.02 Å². The number of rotatable bonds is 5. The second-order valence-corrected chi connectivity index (χ2v) is 4.96. The van der Waals surface area contributed by atoms with Gasteiger partial charge in [-0.3, -0.25) is 4.90 Å². The maximum absolute atomic E-state index is 8.77. The number of hydrogen-bond donors (Lipinski definition) is 1. The van der Waals surface area contributed by atoms with Crippen molar-refractivity contribution >= 4 is 11.6 Å². The minimum absolute atomic E-state index is 0.213. The molecule has 1 aliphatic heterocycles.